The molecule has 0 fully saturated rings. The van der Waals surface area contributed by atoms with Gasteiger partial charge in [-0.1, -0.05) is 18.2 Å². The van der Waals surface area contributed by atoms with Gasteiger partial charge in [-0.3, -0.25) is 0 Å². The molecule has 0 aliphatic carbocycles. The number of nitrogens with zero attached hydrogens (tertiary/aromatic N) is 1. The topological polar surface area (TPSA) is 41.9 Å². The number of rotatable bonds is 6. The number of ether oxygens (including phenoxy) is 2. The molecule has 2 aromatic carbocycles. The molecule has 0 saturated carbocycles. The molecule has 0 bridgehead atoms. The second kappa shape index (κ2) is 6.99. The van der Waals surface area contributed by atoms with Crippen LogP contribution in [0.5, 0.6) is 11.5 Å². The highest BCUT2D eigenvalue weighted by atomic mass is 16.5. The lowest BCUT2D eigenvalue weighted by Gasteiger charge is -2.23. The van der Waals surface area contributed by atoms with Gasteiger partial charge in [-0.05, 0) is 29.8 Å². The molecule has 112 valence electrons. The summed E-state index contributed by atoms with van der Waals surface area (Å²) >= 11 is 0. The summed E-state index contributed by atoms with van der Waals surface area (Å²) in [6.07, 6.45) is 0. The molecule has 0 amide bonds. The Morgan fingerprint density at radius 3 is 2.38 bits per heavy atom. The van der Waals surface area contributed by atoms with Gasteiger partial charge in [-0.25, -0.2) is 0 Å². The maximum Gasteiger partial charge on any atom is 0.142 e. The second-order valence-electron chi connectivity index (χ2n) is 4.83. The molecule has 0 unspecified atom stereocenters. The van der Waals surface area contributed by atoms with E-state index in [2.05, 4.69) is 4.90 Å². The second-order valence-corrected chi connectivity index (χ2v) is 4.83. The lowest BCUT2D eigenvalue weighted by Crippen LogP contribution is -2.17. The number of anilines is 1. The van der Waals surface area contributed by atoms with E-state index >= 15 is 0 Å². The number of hydrogen-bond donors (Lipinski definition) is 1. The van der Waals surface area contributed by atoms with Gasteiger partial charge in [0.1, 0.15) is 11.5 Å². The number of aliphatic hydroxyl groups is 1. The fraction of sp³-hybridized carbons (Fsp3) is 0.294. The molecule has 21 heavy (non-hydrogen) atoms. The van der Waals surface area contributed by atoms with Gasteiger partial charge in [-0.2, -0.15) is 0 Å². The van der Waals surface area contributed by atoms with Crippen molar-refractivity contribution in [2.24, 2.45) is 0 Å². The van der Waals surface area contributed by atoms with Crippen LogP contribution in [0, 0.1) is 0 Å². The third-order valence-electron chi connectivity index (χ3n) is 3.43. The zero-order valence-corrected chi connectivity index (χ0v) is 12.7. The van der Waals surface area contributed by atoms with Crippen molar-refractivity contribution in [3.63, 3.8) is 0 Å². The van der Waals surface area contributed by atoms with E-state index in [0.717, 1.165) is 28.3 Å². The summed E-state index contributed by atoms with van der Waals surface area (Å²) in [6, 6.07) is 13.6. The number of benzene rings is 2. The Morgan fingerprint density at radius 1 is 1.00 bits per heavy atom. The summed E-state index contributed by atoms with van der Waals surface area (Å²) in [7, 11) is 5.32. The highest BCUT2D eigenvalue weighted by molar-refractivity contribution is 5.58. The predicted octanol–water partition coefficient (Wildman–Crippen LogP) is 2.83. The number of aliphatic hydroxyl groups excluding tert-OH is 1. The van der Waals surface area contributed by atoms with Crippen LogP contribution in [0.3, 0.4) is 0 Å². The maximum absolute atomic E-state index is 9.28. The zero-order chi connectivity index (χ0) is 15.2. The molecular weight excluding hydrogens is 266 g/mol. The molecule has 4 nitrogen and oxygen atoms in total. The monoisotopic (exact) mass is 287 g/mol. The van der Waals surface area contributed by atoms with Crippen LogP contribution in [0.4, 0.5) is 5.69 Å². The SMILES string of the molecule is COc1ccc(CO)cc1CN(C)c1ccccc1OC. The van der Waals surface area contributed by atoms with Crippen LogP contribution in [0.15, 0.2) is 42.5 Å². The van der Waals surface area contributed by atoms with Crippen molar-refractivity contribution in [2.75, 3.05) is 26.2 Å². The minimum atomic E-state index is 0.0232. The minimum Gasteiger partial charge on any atom is -0.496 e. The largest absolute Gasteiger partial charge is 0.496 e. The molecule has 0 aliphatic rings. The molecular formula is C17H21NO3. The van der Waals surface area contributed by atoms with Crippen molar-refractivity contribution in [1.82, 2.24) is 0 Å². The highest BCUT2D eigenvalue weighted by Gasteiger charge is 2.11. The van der Waals surface area contributed by atoms with Gasteiger partial charge in [0, 0.05) is 19.2 Å². The van der Waals surface area contributed by atoms with Crippen molar-refractivity contribution < 1.29 is 14.6 Å². The summed E-state index contributed by atoms with van der Waals surface area (Å²) in [5, 5.41) is 9.28. The van der Waals surface area contributed by atoms with E-state index in [4.69, 9.17) is 9.47 Å². The molecule has 0 heterocycles. The molecule has 0 aliphatic heterocycles. The Hall–Kier alpha value is -2.20. The maximum atomic E-state index is 9.28. The van der Waals surface area contributed by atoms with Gasteiger partial charge in [-0.15, -0.1) is 0 Å². The molecule has 1 N–H and O–H groups in total. The Kier molecular flexibility index (Phi) is 5.06. The number of hydrogen-bond acceptors (Lipinski definition) is 4. The van der Waals surface area contributed by atoms with Gasteiger partial charge in [0.25, 0.3) is 0 Å². The third-order valence-corrected chi connectivity index (χ3v) is 3.43. The standard InChI is InChI=1S/C17H21NO3/c1-18(15-6-4-5-7-17(15)21-3)11-14-10-13(12-19)8-9-16(14)20-2/h4-10,19H,11-12H2,1-3H3. The van der Waals surface area contributed by atoms with Crippen LogP contribution in [-0.4, -0.2) is 26.4 Å². The van der Waals surface area contributed by atoms with Crippen LogP contribution >= 0.6 is 0 Å². The van der Waals surface area contributed by atoms with E-state index in [-0.39, 0.29) is 6.61 Å². The summed E-state index contributed by atoms with van der Waals surface area (Å²) < 4.78 is 10.8. The van der Waals surface area contributed by atoms with Gasteiger partial charge in [0.05, 0.1) is 26.5 Å². The van der Waals surface area contributed by atoms with Crippen LogP contribution in [-0.2, 0) is 13.2 Å². The first-order valence-corrected chi connectivity index (χ1v) is 6.80. The first kappa shape index (κ1) is 15.2. The van der Waals surface area contributed by atoms with Crippen molar-refractivity contribution >= 4 is 5.69 Å². The van der Waals surface area contributed by atoms with Crippen molar-refractivity contribution in [2.45, 2.75) is 13.2 Å². The molecule has 0 atom stereocenters. The fourth-order valence-electron chi connectivity index (χ4n) is 2.34. The molecule has 0 radical (unpaired) electrons. The Balaban J connectivity index is 2.28. The zero-order valence-electron chi connectivity index (χ0n) is 12.7. The summed E-state index contributed by atoms with van der Waals surface area (Å²) in [5.41, 5.74) is 2.91. The van der Waals surface area contributed by atoms with Gasteiger partial charge < -0.3 is 19.5 Å². The van der Waals surface area contributed by atoms with Gasteiger partial charge >= 0.3 is 0 Å². The lowest BCUT2D eigenvalue weighted by atomic mass is 10.1. The van der Waals surface area contributed by atoms with E-state index in [1.807, 2.05) is 49.5 Å². The average Bonchev–Trinajstić information content (AvgIpc) is 2.54. The molecule has 2 aromatic rings. The molecule has 0 spiro atoms. The van der Waals surface area contributed by atoms with E-state index < -0.39 is 0 Å². The number of methoxy groups -OCH3 is 2. The Bertz CT molecular complexity index is 598. The fourth-order valence-corrected chi connectivity index (χ4v) is 2.34. The van der Waals surface area contributed by atoms with Crippen molar-refractivity contribution in [3.05, 3.63) is 53.6 Å². The first-order chi connectivity index (χ1) is 10.2. The average molecular weight is 287 g/mol. The van der Waals surface area contributed by atoms with Crippen LogP contribution in [0.1, 0.15) is 11.1 Å². The van der Waals surface area contributed by atoms with E-state index in [1.165, 1.54) is 0 Å². The highest BCUT2D eigenvalue weighted by Crippen LogP contribution is 2.29. The van der Waals surface area contributed by atoms with E-state index in [0.29, 0.717) is 6.54 Å². The summed E-state index contributed by atoms with van der Waals surface area (Å²) in [6.45, 7) is 0.687. The van der Waals surface area contributed by atoms with Crippen molar-refractivity contribution in [1.29, 1.82) is 0 Å². The Labute approximate surface area is 125 Å². The summed E-state index contributed by atoms with van der Waals surface area (Å²) in [5.74, 6) is 1.64. The van der Waals surface area contributed by atoms with E-state index in [9.17, 15) is 5.11 Å². The van der Waals surface area contributed by atoms with Crippen molar-refractivity contribution in [3.8, 4) is 11.5 Å². The normalized spacial score (nSPS) is 10.3. The van der Waals surface area contributed by atoms with Crippen LogP contribution in [0.2, 0.25) is 0 Å². The predicted molar refractivity (Wildman–Crippen MR) is 84.0 cm³/mol. The molecule has 0 aromatic heterocycles. The summed E-state index contributed by atoms with van der Waals surface area (Å²) in [4.78, 5) is 2.10. The minimum absolute atomic E-state index is 0.0232. The van der Waals surface area contributed by atoms with Gasteiger partial charge in [0.2, 0.25) is 0 Å². The molecule has 2 rings (SSSR count). The van der Waals surface area contributed by atoms with E-state index in [1.54, 1.807) is 14.2 Å². The smallest absolute Gasteiger partial charge is 0.142 e. The Morgan fingerprint density at radius 2 is 1.71 bits per heavy atom. The molecule has 0 saturated heterocycles. The van der Waals surface area contributed by atoms with Crippen LogP contribution < -0.4 is 14.4 Å². The first-order valence-electron chi connectivity index (χ1n) is 6.80. The lowest BCUT2D eigenvalue weighted by molar-refractivity contribution is 0.281. The number of para-hydroxylation sites is 2. The quantitative estimate of drug-likeness (QED) is 0.887. The van der Waals surface area contributed by atoms with Crippen LogP contribution in [0.25, 0.3) is 0 Å². The van der Waals surface area contributed by atoms with Gasteiger partial charge in [0.15, 0.2) is 0 Å². The molecule has 4 heteroatoms. The third kappa shape index (κ3) is 3.47.